The number of hydrogen-bond acceptors (Lipinski definition) is 3. The first-order valence-corrected chi connectivity index (χ1v) is 8.65. The molecule has 0 aliphatic carbocycles. The van der Waals surface area contributed by atoms with Gasteiger partial charge in [0.1, 0.15) is 5.75 Å². The highest BCUT2D eigenvalue weighted by Gasteiger charge is 2.30. The summed E-state index contributed by atoms with van der Waals surface area (Å²) in [7, 11) is 0. The van der Waals surface area contributed by atoms with E-state index in [1.54, 1.807) is 48.2 Å². The topological polar surface area (TPSA) is 58.6 Å². The van der Waals surface area contributed by atoms with Crippen LogP contribution in [0.15, 0.2) is 49.1 Å². The predicted octanol–water partition coefficient (Wildman–Crippen LogP) is 4.55. The second-order valence-electron chi connectivity index (χ2n) is 5.76. The number of benzene rings is 2. The third kappa shape index (κ3) is 3.54. The van der Waals surface area contributed by atoms with Gasteiger partial charge < -0.3 is 15.0 Å². The van der Waals surface area contributed by atoms with E-state index in [9.17, 15) is 9.59 Å². The molecule has 2 amide bonds. The molecule has 0 aromatic heterocycles. The van der Waals surface area contributed by atoms with Gasteiger partial charge in [0.2, 0.25) is 0 Å². The second-order valence-corrected chi connectivity index (χ2v) is 6.58. The van der Waals surface area contributed by atoms with Gasteiger partial charge in [0.15, 0.2) is 6.10 Å². The Bertz CT molecular complexity index is 898. The third-order valence-electron chi connectivity index (χ3n) is 3.92. The van der Waals surface area contributed by atoms with Crippen molar-refractivity contribution in [1.29, 1.82) is 0 Å². The molecule has 1 atom stereocenters. The molecule has 0 saturated carbocycles. The zero-order valence-electron chi connectivity index (χ0n) is 14.0. The Hall–Kier alpha value is -2.50. The van der Waals surface area contributed by atoms with Gasteiger partial charge in [-0.25, -0.2) is 0 Å². The largest absolute Gasteiger partial charge is 0.479 e. The lowest BCUT2D eigenvalue weighted by Gasteiger charge is -2.32. The van der Waals surface area contributed by atoms with E-state index in [-0.39, 0.29) is 11.8 Å². The summed E-state index contributed by atoms with van der Waals surface area (Å²) in [6.45, 7) is 5.75. The monoisotopic (exact) mass is 390 g/mol. The van der Waals surface area contributed by atoms with Gasteiger partial charge >= 0.3 is 0 Å². The van der Waals surface area contributed by atoms with Crippen LogP contribution in [0, 0.1) is 0 Å². The molecule has 0 radical (unpaired) electrons. The Morgan fingerprint density at radius 2 is 2.04 bits per heavy atom. The van der Waals surface area contributed by atoms with Crippen LogP contribution in [-0.2, 0) is 4.79 Å². The Morgan fingerprint density at radius 1 is 1.27 bits per heavy atom. The molecule has 5 nitrogen and oxygen atoms in total. The predicted molar refractivity (Wildman–Crippen MR) is 103 cm³/mol. The number of nitrogens with one attached hydrogen (secondary N) is 1. The maximum atomic E-state index is 12.4. The molecule has 1 aliphatic heterocycles. The number of amides is 2. The summed E-state index contributed by atoms with van der Waals surface area (Å²) < 4.78 is 5.67. The first kappa shape index (κ1) is 18.3. The van der Waals surface area contributed by atoms with Crippen molar-refractivity contribution < 1.29 is 14.3 Å². The average Bonchev–Trinajstić information content (AvgIpc) is 2.61. The fourth-order valence-corrected chi connectivity index (χ4v) is 2.94. The van der Waals surface area contributed by atoms with Gasteiger partial charge in [-0.15, -0.1) is 6.58 Å². The van der Waals surface area contributed by atoms with Crippen LogP contribution in [-0.4, -0.2) is 24.5 Å². The number of ether oxygens (including phenoxy) is 1. The highest BCUT2D eigenvalue weighted by atomic mass is 35.5. The fraction of sp³-hybridized carbons (Fsp3) is 0.158. The molecule has 7 heteroatoms. The van der Waals surface area contributed by atoms with E-state index >= 15 is 0 Å². The lowest BCUT2D eigenvalue weighted by molar-refractivity contribution is -0.125. The van der Waals surface area contributed by atoms with Crippen molar-refractivity contribution in [2.45, 2.75) is 13.0 Å². The number of hydrogen-bond donors (Lipinski definition) is 1. The van der Waals surface area contributed by atoms with Crippen LogP contribution in [0.2, 0.25) is 10.0 Å². The third-order valence-corrected chi connectivity index (χ3v) is 4.66. The van der Waals surface area contributed by atoms with E-state index in [4.69, 9.17) is 27.9 Å². The smallest absolute Gasteiger partial charge is 0.268 e. The molecule has 2 aromatic carbocycles. The molecule has 1 N–H and O–H groups in total. The number of nitrogens with zero attached hydrogens (tertiary/aromatic N) is 1. The minimum absolute atomic E-state index is 0.134. The second kappa shape index (κ2) is 7.40. The summed E-state index contributed by atoms with van der Waals surface area (Å²) >= 11 is 11.8. The summed E-state index contributed by atoms with van der Waals surface area (Å²) in [5.41, 5.74) is 1.57. The molecular weight excluding hydrogens is 375 g/mol. The van der Waals surface area contributed by atoms with Crippen molar-refractivity contribution in [2.24, 2.45) is 0 Å². The molecule has 0 spiro atoms. The van der Waals surface area contributed by atoms with Gasteiger partial charge in [-0.05, 0) is 37.3 Å². The summed E-state index contributed by atoms with van der Waals surface area (Å²) in [6.07, 6.45) is 1.04. The van der Waals surface area contributed by atoms with Crippen molar-refractivity contribution in [3.05, 3.63) is 64.7 Å². The number of halogens is 2. The fourth-order valence-electron chi connectivity index (χ4n) is 2.65. The van der Waals surface area contributed by atoms with E-state index < -0.39 is 6.10 Å². The highest BCUT2D eigenvalue weighted by molar-refractivity contribution is 6.42. The Morgan fingerprint density at radius 3 is 2.73 bits per heavy atom. The summed E-state index contributed by atoms with van der Waals surface area (Å²) in [5, 5.41) is 3.47. The molecule has 1 aliphatic rings. The molecule has 3 rings (SSSR count). The molecule has 1 unspecified atom stereocenters. The highest BCUT2D eigenvalue weighted by Crippen LogP contribution is 2.36. The molecule has 0 bridgehead atoms. The van der Waals surface area contributed by atoms with Crippen LogP contribution in [0.4, 0.5) is 11.4 Å². The van der Waals surface area contributed by atoms with Gasteiger partial charge in [-0.3, -0.25) is 9.59 Å². The molecule has 26 heavy (non-hydrogen) atoms. The van der Waals surface area contributed by atoms with Crippen molar-refractivity contribution >= 4 is 46.4 Å². The number of anilines is 2. The number of rotatable bonds is 4. The van der Waals surface area contributed by atoms with Crippen molar-refractivity contribution in [2.75, 3.05) is 16.8 Å². The summed E-state index contributed by atoms with van der Waals surface area (Å²) in [4.78, 5) is 26.2. The van der Waals surface area contributed by atoms with Crippen LogP contribution in [0.5, 0.6) is 5.75 Å². The summed E-state index contributed by atoms with van der Waals surface area (Å²) in [6, 6.07) is 9.77. The SMILES string of the molecule is C=CCN1C(=O)C(C)Oc2cc(NC(=O)c3ccc(Cl)c(Cl)c3)ccc21. The van der Waals surface area contributed by atoms with Crippen molar-refractivity contribution in [1.82, 2.24) is 0 Å². The van der Waals surface area contributed by atoms with Crippen LogP contribution in [0.3, 0.4) is 0 Å². The lowest BCUT2D eigenvalue weighted by atomic mass is 10.1. The van der Waals surface area contributed by atoms with Crippen LogP contribution < -0.4 is 15.0 Å². The maximum absolute atomic E-state index is 12.4. The number of carbonyl (C=O) groups is 2. The quantitative estimate of drug-likeness (QED) is 0.779. The molecule has 0 fully saturated rings. The van der Waals surface area contributed by atoms with E-state index in [1.807, 2.05) is 0 Å². The first-order chi connectivity index (χ1) is 12.4. The maximum Gasteiger partial charge on any atom is 0.268 e. The lowest BCUT2D eigenvalue weighted by Crippen LogP contribution is -2.44. The Kier molecular flexibility index (Phi) is 5.20. The van der Waals surface area contributed by atoms with Crippen LogP contribution >= 0.6 is 23.2 Å². The normalized spacial score (nSPS) is 15.9. The standard InChI is InChI=1S/C19H16Cl2N2O3/c1-3-8-23-16-7-5-13(10-17(16)26-11(2)19(23)25)22-18(24)12-4-6-14(20)15(21)9-12/h3-7,9-11H,1,8H2,2H3,(H,22,24). The van der Waals surface area contributed by atoms with Gasteiger partial charge in [-0.1, -0.05) is 29.3 Å². The molecule has 2 aromatic rings. The van der Waals surface area contributed by atoms with Crippen molar-refractivity contribution in [3.63, 3.8) is 0 Å². The van der Waals surface area contributed by atoms with Crippen LogP contribution in [0.1, 0.15) is 17.3 Å². The van der Waals surface area contributed by atoms with E-state index in [2.05, 4.69) is 11.9 Å². The molecule has 0 saturated heterocycles. The number of carbonyl (C=O) groups excluding carboxylic acids is 2. The minimum Gasteiger partial charge on any atom is -0.479 e. The van der Waals surface area contributed by atoms with Gasteiger partial charge in [-0.2, -0.15) is 0 Å². The van der Waals surface area contributed by atoms with Crippen molar-refractivity contribution in [3.8, 4) is 5.75 Å². The zero-order chi connectivity index (χ0) is 18.8. The zero-order valence-corrected chi connectivity index (χ0v) is 15.5. The van der Waals surface area contributed by atoms with E-state index in [0.717, 1.165) is 0 Å². The van der Waals surface area contributed by atoms with E-state index in [1.165, 1.54) is 6.07 Å². The Labute approximate surface area is 161 Å². The Balaban J connectivity index is 1.85. The van der Waals surface area contributed by atoms with E-state index in [0.29, 0.717) is 39.3 Å². The number of fused-ring (bicyclic) bond motifs is 1. The van der Waals surface area contributed by atoms with Crippen LogP contribution in [0.25, 0.3) is 0 Å². The molecule has 134 valence electrons. The first-order valence-electron chi connectivity index (χ1n) is 7.90. The molecular formula is C19H16Cl2N2O3. The van der Waals surface area contributed by atoms with Gasteiger partial charge in [0.25, 0.3) is 11.8 Å². The summed E-state index contributed by atoms with van der Waals surface area (Å²) in [5.74, 6) is 0.0577. The minimum atomic E-state index is -0.608. The molecule has 1 heterocycles. The van der Waals surface area contributed by atoms with Gasteiger partial charge in [0.05, 0.1) is 15.7 Å². The van der Waals surface area contributed by atoms with Gasteiger partial charge in [0, 0.05) is 23.9 Å². The average molecular weight is 391 g/mol.